The molecule has 2 unspecified atom stereocenters. The van der Waals surface area contributed by atoms with E-state index in [2.05, 4.69) is 69.4 Å². The van der Waals surface area contributed by atoms with Gasteiger partial charge in [0, 0.05) is 46.4 Å². The third-order valence-electron chi connectivity index (χ3n) is 10.0. The SMILES string of the molecule is CCC(Oc1ccc(C(C)(C)CC)cc1C(C)(C)CC)C(=O)Nc1cccc(C(=O)NC2=NN(c3c(Cl)cc(Cl)cc3Cl)C(=O)C2n2ccc(=O)cc2)c1. The van der Waals surface area contributed by atoms with Crippen LogP contribution in [0.1, 0.15) is 95.3 Å². The lowest BCUT2D eigenvalue weighted by Gasteiger charge is -2.31. The molecular formula is C41H44Cl3N5O5. The number of aromatic nitrogens is 1. The second kappa shape index (κ2) is 16.4. The first kappa shape index (κ1) is 40.5. The summed E-state index contributed by atoms with van der Waals surface area (Å²) in [5, 5.41) is 11.4. The largest absolute Gasteiger partial charge is 0.480 e. The smallest absolute Gasteiger partial charge is 0.278 e. The Morgan fingerprint density at radius 2 is 1.50 bits per heavy atom. The van der Waals surface area contributed by atoms with Gasteiger partial charge in [-0.3, -0.25) is 19.2 Å². The van der Waals surface area contributed by atoms with E-state index in [1.165, 1.54) is 52.9 Å². The molecule has 5 rings (SSSR count). The number of halogens is 3. The van der Waals surface area contributed by atoms with Gasteiger partial charge in [0.25, 0.3) is 17.7 Å². The Hall–Kier alpha value is -4.64. The first-order valence-electron chi connectivity index (χ1n) is 17.8. The van der Waals surface area contributed by atoms with Crippen LogP contribution in [-0.2, 0) is 20.4 Å². The van der Waals surface area contributed by atoms with E-state index in [0.717, 1.165) is 23.4 Å². The molecule has 0 bridgehead atoms. The third-order valence-corrected chi connectivity index (χ3v) is 10.8. The van der Waals surface area contributed by atoms with Crippen LogP contribution in [0.25, 0.3) is 0 Å². The van der Waals surface area contributed by atoms with Crippen molar-refractivity contribution in [1.82, 2.24) is 9.88 Å². The summed E-state index contributed by atoms with van der Waals surface area (Å²) in [5.41, 5.74) is 2.40. The predicted molar refractivity (Wildman–Crippen MR) is 216 cm³/mol. The normalized spacial score (nSPS) is 15.1. The van der Waals surface area contributed by atoms with E-state index in [1.54, 1.807) is 18.2 Å². The molecular weight excluding hydrogens is 749 g/mol. The number of hydrazone groups is 1. The number of hydrogen-bond acceptors (Lipinski definition) is 6. The van der Waals surface area contributed by atoms with Crippen molar-refractivity contribution in [3.05, 3.63) is 121 Å². The number of benzene rings is 3. The van der Waals surface area contributed by atoms with Crippen LogP contribution >= 0.6 is 34.8 Å². The highest BCUT2D eigenvalue weighted by Gasteiger charge is 2.40. The van der Waals surface area contributed by atoms with Gasteiger partial charge >= 0.3 is 0 Å². The number of hydrogen-bond donors (Lipinski definition) is 2. The number of rotatable bonds is 12. The van der Waals surface area contributed by atoms with Crippen molar-refractivity contribution in [1.29, 1.82) is 0 Å². The second-order valence-corrected chi connectivity index (χ2v) is 15.7. The number of amidine groups is 1. The second-order valence-electron chi connectivity index (χ2n) is 14.5. The number of nitrogens with one attached hydrogen (secondary N) is 2. The lowest BCUT2D eigenvalue weighted by Crippen LogP contribution is -2.38. The van der Waals surface area contributed by atoms with Crippen molar-refractivity contribution < 1.29 is 19.1 Å². The molecule has 3 aromatic carbocycles. The average molecular weight is 793 g/mol. The maximum Gasteiger partial charge on any atom is 0.278 e. The topological polar surface area (TPSA) is 122 Å². The Kier molecular flexibility index (Phi) is 12.3. The average Bonchev–Trinajstić information content (AvgIpc) is 3.44. The Morgan fingerprint density at radius 3 is 2.11 bits per heavy atom. The minimum Gasteiger partial charge on any atom is -0.480 e. The minimum absolute atomic E-state index is 0.0175. The Labute approximate surface area is 330 Å². The molecule has 1 aliphatic rings. The summed E-state index contributed by atoms with van der Waals surface area (Å²) in [6.07, 6.45) is 4.27. The molecule has 1 aliphatic heterocycles. The van der Waals surface area contributed by atoms with Crippen LogP contribution in [0.15, 0.2) is 89.0 Å². The molecule has 284 valence electrons. The van der Waals surface area contributed by atoms with E-state index in [0.29, 0.717) is 17.9 Å². The summed E-state index contributed by atoms with van der Waals surface area (Å²) >= 11 is 19.0. The van der Waals surface area contributed by atoms with Crippen LogP contribution in [0.3, 0.4) is 0 Å². The van der Waals surface area contributed by atoms with Crippen LogP contribution in [0, 0.1) is 0 Å². The molecule has 2 N–H and O–H groups in total. The van der Waals surface area contributed by atoms with Gasteiger partial charge in [-0.1, -0.05) is 101 Å². The lowest BCUT2D eigenvalue weighted by molar-refractivity contribution is -0.123. The van der Waals surface area contributed by atoms with Crippen molar-refractivity contribution >= 4 is 69.7 Å². The molecule has 54 heavy (non-hydrogen) atoms. The number of carbonyl (C=O) groups is 3. The standard InChI is InChI=1S/C41H44Cl3N5O5/c1-8-32(54-33-15-14-25(40(4,5)9-2)21-29(33)41(6,7)10-3)38(52)45-27-13-11-12-24(20-27)37(51)46-36-35(48-18-16-28(50)17-19-48)39(53)49(47-36)34-30(43)22-26(42)23-31(34)44/h11-23,32,35H,8-10H2,1-7H3,(H,45,52)(H,46,47,51). The van der Waals surface area contributed by atoms with Gasteiger partial charge < -0.3 is 19.9 Å². The molecule has 13 heteroatoms. The van der Waals surface area contributed by atoms with Crippen LogP contribution < -0.4 is 25.8 Å². The zero-order valence-electron chi connectivity index (χ0n) is 31.3. The fourth-order valence-corrected chi connectivity index (χ4v) is 6.88. The molecule has 10 nitrogen and oxygen atoms in total. The van der Waals surface area contributed by atoms with Gasteiger partial charge in [-0.05, 0) is 72.1 Å². The van der Waals surface area contributed by atoms with E-state index < -0.39 is 24.0 Å². The van der Waals surface area contributed by atoms with Crippen LogP contribution in [0.5, 0.6) is 5.75 Å². The Bertz CT molecular complexity index is 2140. The van der Waals surface area contributed by atoms with Gasteiger partial charge in [0.2, 0.25) is 0 Å². The number of pyridine rings is 1. The molecule has 3 amide bonds. The highest BCUT2D eigenvalue weighted by atomic mass is 35.5. The molecule has 0 saturated carbocycles. The first-order valence-corrected chi connectivity index (χ1v) is 18.9. The maximum atomic E-state index is 13.8. The Morgan fingerprint density at radius 1 is 0.852 bits per heavy atom. The monoisotopic (exact) mass is 791 g/mol. The number of ether oxygens (including phenoxy) is 1. The zero-order chi connectivity index (χ0) is 39.5. The van der Waals surface area contributed by atoms with Gasteiger partial charge in [0.05, 0.1) is 10.0 Å². The van der Waals surface area contributed by atoms with Crippen LogP contribution in [0.4, 0.5) is 11.4 Å². The number of amides is 3. The highest BCUT2D eigenvalue weighted by Crippen LogP contribution is 2.41. The van der Waals surface area contributed by atoms with Gasteiger partial charge in [-0.15, -0.1) is 5.10 Å². The van der Waals surface area contributed by atoms with Crippen molar-refractivity contribution in [2.45, 2.75) is 90.7 Å². The molecule has 0 saturated heterocycles. The first-order chi connectivity index (χ1) is 25.5. The van der Waals surface area contributed by atoms with Crippen molar-refractivity contribution in [2.24, 2.45) is 5.10 Å². The van der Waals surface area contributed by atoms with E-state index >= 15 is 0 Å². The Balaban J connectivity index is 1.39. The summed E-state index contributed by atoms with van der Waals surface area (Å²) < 4.78 is 7.87. The summed E-state index contributed by atoms with van der Waals surface area (Å²) in [6.45, 7) is 15.0. The van der Waals surface area contributed by atoms with E-state index in [9.17, 15) is 19.2 Å². The molecule has 4 aromatic rings. The molecule has 0 fully saturated rings. The number of anilines is 2. The quantitative estimate of drug-likeness (QED) is 0.148. The van der Waals surface area contributed by atoms with Gasteiger partial charge in [-0.2, -0.15) is 5.01 Å². The van der Waals surface area contributed by atoms with Crippen LogP contribution in [-0.4, -0.2) is 34.2 Å². The molecule has 1 aromatic heterocycles. The minimum atomic E-state index is -1.17. The predicted octanol–water partition coefficient (Wildman–Crippen LogP) is 9.31. The number of carbonyl (C=O) groups excluding carboxylic acids is 3. The fraction of sp³-hybridized carbons (Fsp3) is 0.341. The fourth-order valence-electron chi connectivity index (χ4n) is 5.90. The highest BCUT2D eigenvalue weighted by molar-refractivity contribution is 6.43. The van der Waals surface area contributed by atoms with E-state index in [1.807, 2.05) is 13.0 Å². The molecule has 2 atom stereocenters. The van der Waals surface area contributed by atoms with Gasteiger partial charge in [0.1, 0.15) is 11.4 Å². The maximum absolute atomic E-state index is 13.8. The summed E-state index contributed by atoms with van der Waals surface area (Å²) in [4.78, 5) is 53.1. The molecule has 2 heterocycles. The lowest BCUT2D eigenvalue weighted by atomic mass is 9.76. The summed E-state index contributed by atoms with van der Waals surface area (Å²) in [5.74, 6) is -0.968. The molecule has 0 aliphatic carbocycles. The summed E-state index contributed by atoms with van der Waals surface area (Å²) in [6, 6.07) is 16.8. The summed E-state index contributed by atoms with van der Waals surface area (Å²) in [7, 11) is 0. The van der Waals surface area contributed by atoms with Crippen molar-refractivity contribution in [3.8, 4) is 5.75 Å². The van der Waals surface area contributed by atoms with Gasteiger partial charge in [-0.25, -0.2) is 0 Å². The van der Waals surface area contributed by atoms with E-state index in [4.69, 9.17) is 39.5 Å². The molecule has 0 radical (unpaired) electrons. The third kappa shape index (κ3) is 8.67. The van der Waals surface area contributed by atoms with Gasteiger partial charge in [0.15, 0.2) is 23.4 Å². The van der Waals surface area contributed by atoms with E-state index in [-0.39, 0.29) is 54.3 Å². The zero-order valence-corrected chi connectivity index (χ0v) is 33.6. The number of nitrogens with zero attached hydrogens (tertiary/aromatic N) is 3. The van der Waals surface area contributed by atoms with Crippen LogP contribution in [0.2, 0.25) is 15.1 Å². The van der Waals surface area contributed by atoms with Crippen molar-refractivity contribution in [3.63, 3.8) is 0 Å². The molecule has 0 spiro atoms. The van der Waals surface area contributed by atoms with Crippen molar-refractivity contribution in [2.75, 3.05) is 10.3 Å².